The lowest BCUT2D eigenvalue weighted by Gasteiger charge is -2.35. The summed E-state index contributed by atoms with van der Waals surface area (Å²) in [6.45, 7) is 6.43. The van der Waals surface area contributed by atoms with Gasteiger partial charge in [0.15, 0.2) is 0 Å². The van der Waals surface area contributed by atoms with Gasteiger partial charge in [-0.1, -0.05) is 0 Å². The van der Waals surface area contributed by atoms with Gasteiger partial charge in [-0.2, -0.15) is 0 Å². The van der Waals surface area contributed by atoms with E-state index in [9.17, 15) is 4.79 Å². The number of piperidine rings is 1. The molecule has 0 saturated carbocycles. The van der Waals surface area contributed by atoms with Gasteiger partial charge in [0.05, 0.1) is 6.10 Å². The van der Waals surface area contributed by atoms with E-state index in [-0.39, 0.29) is 0 Å². The zero-order chi connectivity index (χ0) is 12.2. The number of rotatable bonds is 5. The Balaban J connectivity index is 2.34. The third kappa shape index (κ3) is 3.73. The van der Waals surface area contributed by atoms with Crippen LogP contribution in [0.3, 0.4) is 0 Å². The predicted molar refractivity (Wildman–Crippen MR) is 61.3 cm³/mol. The summed E-state index contributed by atoms with van der Waals surface area (Å²) in [5, 5.41) is 8.93. The van der Waals surface area contributed by atoms with E-state index in [2.05, 4.69) is 4.90 Å². The van der Waals surface area contributed by atoms with Gasteiger partial charge < -0.3 is 20.5 Å². The van der Waals surface area contributed by atoms with Gasteiger partial charge in [0, 0.05) is 26.2 Å². The lowest BCUT2D eigenvalue weighted by molar-refractivity contribution is -0.143. The van der Waals surface area contributed by atoms with Crippen molar-refractivity contribution in [3.05, 3.63) is 0 Å². The number of aliphatic carboxylic acids is 1. The van der Waals surface area contributed by atoms with Crippen LogP contribution in [0.25, 0.3) is 0 Å². The van der Waals surface area contributed by atoms with Crippen LogP contribution in [0.4, 0.5) is 0 Å². The molecule has 0 aromatic heterocycles. The fourth-order valence-electron chi connectivity index (χ4n) is 2.00. The summed E-state index contributed by atoms with van der Waals surface area (Å²) < 4.78 is 5.53. The highest BCUT2D eigenvalue weighted by atomic mass is 16.5. The molecule has 1 saturated heterocycles. The van der Waals surface area contributed by atoms with E-state index in [1.54, 1.807) is 6.92 Å². The summed E-state index contributed by atoms with van der Waals surface area (Å²) in [6, 6.07) is 0. The van der Waals surface area contributed by atoms with E-state index in [1.807, 2.05) is 6.92 Å². The Hall–Kier alpha value is -0.650. The third-order valence-electron chi connectivity index (χ3n) is 2.98. The zero-order valence-corrected chi connectivity index (χ0v) is 10.1. The summed E-state index contributed by atoms with van der Waals surface area (Å²) in [5.74, 6) is -0.945. The SMILES string of the molecule is CCOC1CCN(CC(C)(N)C(=O)O)CC1. The van der Waals surface area contributed by atoms with Gasteiger partial charge in [-0.15, -0.1) is 0 Å². The van der Waals surface area contributed by atoms with Gasteiger partial charge in [0.2, 0.25) is 0 Å². The van der Waals surface area contributed by atoms with E-state index in [0.717, 1.165) is 32.5 Å². The quantitative estimate of drug-likeness (QED) is 0.710. The molecule has 5 nitrogen and oxygen atoms in total. The van der Waals surface area contributed by atoms with Crippen molar-refractivity contribution in [2.75, 3.05) is 26.2 Å². The minimum Gasteiger partial charge on any atom is -0.480 e. The summed E-state index contributed by atoms with van der Waals surface area (Å²) in [5.41, 5.74) is 4.56. The predicted octanol–water partition coefficient (Wildman–Crippen LogP) is 0.289. The molecule has 1 unspecified atom stereocenters. The molecule has 0 aliphatic carbocycles. The molecule has 94 valence electrons. The molecule has 1 heterocycles. The molecule has 1 atom stereocenters. The summed E-state index contributed by atoms with van der Waals surface area (Å²) in [6.07, 6.45) is 2.25. The first-order chi connectivity index (χ1) is 7.45. The Kier molecular flexibility index (Phi) is 4.70. The van der Waals surface area contributed by atoms with Crippen LogP contribution in [0.1, 0.15) is 26.7 Å². The van der Waals surface area contributed by atoms with Gasteiger partial charge >= 0.3 is 5.97 Å². The molecule has 1 aliphatic rings. The second-order valence-electron chi connectivity index (χ2n) is 4.65. The van der Waals surface area contributed by atoms with Crippen LogP contribution in [0.15, 0.2) is 0 Å². The van der Waals surface area contributed by atoms with Crippen LogP contribution < -0.4 is 5.73 Å². The standard InChI is InChI=1S/C11H22N2O3/c1-3-16-9-4-6-13(7-5-9)8-11(2,12)10(14)15/h9H,3-8,12H2,1-2H3,(H,14,15). The lowest BCUT2D eigenvalue weighted by atomic mass is 10.0. The molecular formula is C11H22N2O3. The molecular weight excluding hydrogens is 208 g/mol. The van der Waals surface area contributed by atoms with Gasteiger partial charge in [-0.3, -0.25) is 4.79 Å². The average molecular weight is 230 g/mol. The van der Waals surface area contributed by atoms with Crippen molar-refractivity contribution < 1.29 is 14.6 Å². The number of ether oxygens (including phenoxy) is 1. The molecule has 1 aliphatic heterocycles. The molecule has 0 aromatic carbocycles. The third-order valence-corrected chi connectivity index (χ3v) is 2.98. The van der Waals surface area contributed by atoms with Crippen molar-refractivity contribution in [1.29, 1.82) is 0 Å². The molecule has 16 heavy (non-hydrogen) atoms. The van der Waals surface area contributed by atoms with E-state index in [0.29, 0.717) is 12.6 Å². The highest BCUT2D eigenvalue weighted by Gasteiger charge is 2.32. The molecule has 5 heteroatoms. The molecule has 1 rings (SSSR count). The second-order valence-corrected chi connectivity index (χ2v) is 4.65. The molecule has 1 fully saturated rings. The zero-order valence-electron chi connectivity index (χ0n) is 10.1. The normalized spacial score (nSPS) is 22.9. The maximum atomic E-state index is 10.9. The topological polar surface area (TPSA) is 75.8 Å². The van der Waals surface area contributed by atoms with Crippen LogP contribution in [-0.4, -0.2) is 53.9 Å². The van der Waals surface area contributed by atoms with Crippen LogP contribution in [0.2, 0.25) is 0 Å². The van der Waals surface area contributed by atoms with Gasteiger partial charge in [-0.05, 0) is 26.7 Å². The highest BCUT2D eigenvalue weighted by molar-refractivity contribution is 5.78. The fourth-order valence-corrected chi connectivity index (χ4v) is 2.00. The number of carbonyl (C=O) groups is 1. The molecule has 0 amide bonds. The van der Waals surface area contributed by atoms with Gasteiger partial charge in [-0.25, -0.2) is 0 Å². The number of hydrogen-bond donors (Lipinski definition) is 2. The maximum absolute atomic E-state index is 10.9. The summed E-state index contributed by atoms with van der Waals surface area (Å²) in [4.78, 5) is 13.0. The number of carboxylic acid groups (broad SMARTS) is 1. The monoisotopic (exact) mass is 230 g/mol. The van der Waals surface area contributed by atoms with Crippen molar-refractivity contribution in [3.8, 4) is 0 Å². The van der Waals surface area contributed by atoms with E-state index < -0.39 is 11.5 Å². The molecule has 3 N–H and O–H groups in total. The van der Waals surface area contributed by atoms with Crippen molar-refractivity contribution in [2.24, 2.45) is 5.73 Å². The van der Waals surface area contributed by atoms with Crippen LogP contribution in [0, 0.1) is 0 Å². The van der Waals surface area contributed by atoms with Crippen LogP contribution in [-0.2, 0) is 9.53 Å². The second kappa shape index (κ2) is 5.61. The number of hydrogen-bond acceptors (Lipinski definition) is 4. The van der Waals surface area contributed by atoms with Crippen molar-refractivity contribution in [3.63, 3.8) is 0 Å². The van der Waals surface area contributed by atoms with Gasteiger partial charge in [0.25, 0.3) is 0 Å². The Labute approximate surface area is 96.6 Å². The Bertz CT molecular complexity index is 235. The first kappa shape index (κ1) is 13.4. The molecule has 0 bridgehead atoms. The van der Waals surface area contributed by atoms with Crippen LogP contribution in [0.5, 0.6) is 0 Å². The fraction of sp³-hybridized carbons (Fsp3) is 0.909. The Morgan fingerprint density at radius 3 is 2.56 bits per heavy atom. The molecule has 0 aromatic rings. The summed E-state index contributed by atoms with van der Waals surface area (Å²) in [7, 11) is 0. The maximum Gasteiger partial charge on any atom is 0.324 e. The minimum atomic E-state index is -1.15. The first-order valence-corrected chi connectivity index (χ1v) is 5.82. The number of nitrogens with two attached hydrogens (primary N) is 1. The largest absolute Gasteiger partial charge is 0.480 e. The number of nitrogens with zero attached hydrogens (tertiary/aromatic N) is 1. The number of carboxylic acids is 1. The van der Waals surface area contributed by atoms with Crippen molar-refractivity contribution >= 4 is 5.97 Å². The summed E-state index contributed by atoms with van der Waals surface area (Å²) >= 11 is 0. The Morgan fingerprint density at radius 1 is 1.56 bits per heavy atom. The van der Waals surface area contributed by atoms with E-state index >= 15 is 0 Å². The van der Waals surface area contributed by atoms with E-state index in [4.69, 9.17) is 15.6 Å². The van der Waals surface area contributed by atoms with Crippen LogP contribution >= 0.6 is 0 Å². The Morgan fingerprint density at radius 2 is 2.12 bits per heavy atom. The highest BCUT2D eigenvalue weighted by Crippen LogP contribution is 2.15. The molecule has 0 spiro atoms. The lowest BCUT2D eigenvalue weighted by Crippen LogP contribution is -2.55. The first-order valence-electron chi connectivity index (χ1n) is 5.82. The average Bonchev–Trinajstić information content (AvgIpc) is 2.21. The van der Waals surface area contributed by atoms with E-state index in [1.165, 1.54) is 0 Å². The van der Waals surface area contributed by atoms with Crippen molar-refractivity contribution in [1.82, 2.24) is 4.90 Å². The number of likely N-dealkylation sites (tertiary alicyclic amines) is 1. The smallest absolute Gasteiger partial charge is 0.324 e. The van der Waals surface area contributed by atoms with Crippen molar-refractivity contribution in [2.45, 2.75) is 38.3 Å². The minimum absolute atomic E-state index is 0.329. The molecule has 0 radical (unpaired) electrons. The van der Waals surface area contributed by atoms with Gasteiger partial charge in [0.1, 0.15) is 5.54 Å².